The van der Waals surface area contributed by atoms with E-state index in [0.29, 0.717) is 24.0 Å². The molecular weight excluding hydrogens is 432 g/mol. The van der Waals surface area contributed by atoms with Crippen LogP contribution in [0.1, 0.15) is 25.3 Å². The van der Waals surface area contributed by atoms with E-state index in [0.717, 1.165) is 43.2 Å². The number of para-hydroxylation sites is 2. The van der Waals surface area contributed by atoms with Crippen molar-refractivity contribution in [3.63, 3.8) is 0 Å². The SMILES string of the molecule is CCOc1ccccc1NC(=O)CSc1nccnc1N1CCC(Cc2ccccc2)CC1. The van der Waals surface area contributed by atoms with E-state index in [-0.39, 0.29) is 11.7 Å². The molecule has 1 aromatic heterocycles. The maximum atomic E-state index is 12.6. The van der Waals surface area contributed by atoms with Gasteiger partial charge in [0.05, 0.1) is 18.0 Å². The van der Waals surface area contributed by atoms with Crippen molar-refractivity contribution >= 4 is 29.2 Å². The first-order valence-corrected chi connectivity index (χ1v) is 12.5. The Kier molecular flexibility index (Phi) is 8.19. The van der Waals surface area contributed by atoms with Crippen molar-refractivity contribution in [2.24, 2.45) is 5.92 Å². The van der Waals surface area contributed by atoms with E-state index in [1.165, 1.54) is 17.3 Å². The molecule has 6 nitrogen and oxygen atoms in total. The summed E-state index contributed by atoms with van der Waals surface area (Å²) in [5.41, 5.74) is 2.09. The molecule has 1 fully saturated rings. The molecule has 1 aliphatic rings. The highest BCUT2D eigenvalue weighted by atomic mass is 32.2. The number of amides is 1. The number of hydrogen-bond acceptors (Lipinski definition) is 6. The van der Waals surface area contributed by atoms with E-state index >= 15 is 0 Å². The first-order valence-electron chi connectivity index (χ1n) is 11.5. The van der Waals surface area contributed by atoms with Gasteiger partial charge in [0, 0.05) is 25.5 Å². The number of anilines is 2. The topological polar surface area (TPSA) is 67.3 Å². The van der Waals surface area contributed by atoms with E-state index in [1.54, 1.807) is 12.4 Å². The molecule has 1 N–H and O–H groups in total. The van der Waals surface area contributed by atoms with E-state index < -0.39 is 0 Å². The molecule has 1 amide bonds. The summed E-state index contributed by atoms with van der Waals surface area (Å²) in [5, 5.41) is 3.75. The van der Waals surface area contributed by atoms with Crippen molar-refractivity contribution in [3.05, 3.63) is 72.6 Å². The van der Waals surface area contributed by atoms with Crippen molar-refractivity contribution < 1.29 is 9.53 Å². The van der Waals surface area contributed by atoms with E-state index in [4.69, 9.17) is 4.74 Å². The minimum Gasteiger partial charge on any atom is -0.492 e. The van der Waals surface area contributed by atoms with Crippen molar-refractivity contribution in [1.29, 1.82) is 0 Å². The van der Waals surface area contributed by atoms with Crippen molar-refractivity contribution in [2.75, 3.05) is 35.7 Å². The number of nitrogens with one attached hydrogen (secondary N) is 1. The summed E-state index contributed by atoms with van der Waals surface area (Å²) >= 11 is 1.42. The fourth-order valence-electron chi connectivity index (χ4n) is 4.10. The highest BCUT2D eigenvalue weighted by molar-refractivity contribution is 8.00. The number of benzene rings is 2. The molecule has 3 aromatic rings. The fraction of sp³-hybridized carbons (Fsp3) is 0.346. The van der Waals surface area contributed by atoms with Crippen LogP contribution in [0.15, 0.2) is 72.0 Å². The van der Waals surface area contributed by atoms with Crippen LogP contribution in [-0.4, -0.2) is 41.3 Å². The lowest BCUT2D eigenvalue weighted by Gasteiger charge is -2.33. The van der Waals surface area contributed by atoms with Gasteiger partial charge in [-0.3, -0.25) is 4.79 Å². The monoisotopic (exact) mass is 462 g/mol. The number of carbonyl (C=O) groups is 1. The predicted molar refractivity (Wildman–Crippen MR) is 134 cm³/mol. The van der Waals surface area contributed by atoms with Crippen molar-refractivity contribution in [1.82, 2.24) is 9.97 Å². The third kappa shape index (κ3) is 6.48. The van der Waals surface area contributed by atoms with Gasteiger partial charge in [0.15, 0.2) is 5.82 Å². The number of piperidine rings is 1. The Bertz CT molecular complexity index is 1040. The molecule has 1 saturated heterocycles. The van der Waals surface area contributed by atoms with Crippen molar-refractivity contribution in [2.45, 2.75) is 31.2 Å². The lowest BCUT2D eigenvalue weighted by Crippen LogP contribution is -2.35. The van der Waals surface area contributed by atoms with Gasteiger partial charge in [-0.1, -0.05) is 54.2 Å². The Hall–Kier alpha value is -3.06. The van der Waals surface area contributed by atoms with Gasteiger partial charge in [-0.2, -0.15) is 0 Å². The predicted octanol–water partition coefficient (Wildman–Crippen LogP) is 5.07. The molecule has 0 radical (unpaired) electrons. The zero-order chi connectivity index (χ0) is 22.9. The number of thioether (sulfide) groups is 1. The molecule has 0 spiro atoms. The standard InChI is InChI=1S/C26H30N4O2S/c1-2-32-23-11-7-6-10-22(23)29-24(31)19-33-26-25(27-14-15-28-26)30-16-12-21(13-17-30)18-20-8-4-3-5-9-20/h3-11,14-15,21H,2,12-13,16-19H2,1H3,(H,29,31). The molecular formula is C26H30N4O2S. The molecule has 2 aromatic carbocycles. The third-order valence-corrected chi connectivity index (χ3v) is 6.70. The second-order valence-corrected chi connectivity index (χ2v) is 9.04. The van der Waals surface area contributed by atoms with Gasteiger partial charge in [0.1, 0.15) is 10.8 Å². The minimum atomic E-state index is -0.0923. The summed E-state index contributed by atoms with van der Waals surface area (Å²) in [6.07, 6.45) is 6.80. The summed E-state index contributed by atoms with van der Waals surface area (Å²) in [5.74, 6) is 2.41. The van der Waals surface area contributed by atoms with Crippen molar-refractivity contribution in [3.8, 4) is 5.75 Å². The molecule has 2 heterocycles. The van der Waals surface area contributed by atoms with Gasteiger partial charge in [0.25, 0.3) is 0 Å². The second kappa shape index (κ2) is 11.7. The molecule has 0 atom stereocenters. The summed E-state index contributed by atoms with van der Waals surface area (Å²) < 4.78 is 5.59. The van der Waals surface area contributed by atoms with E-state index in [1.807, 2.05) is 31.2 Å². The van der Waals surface area contributed by atoms with E-state index in [9.17, 15) is 4.79 Å². The van der Waals surface area contributed by atoms with Crippen LogP contribution in [0.3, 0.4) is 0 Å². The van der Waals surface area contributed by atoms with Gasteiger partial charge < -0.3 is 15.0 Å². The Balaban J connectivity index is 1.32. The number of nitrogens with zero attached hydrogens (tertiary/aromatic N) is 3. The van der Waals surface area contributed by atoms with Gasteiger partial charge in [-0.15, -0.1) is 0 Å². The largest absolute Gasteiger partial charge is 0.492 e. The number of hydrogen-bond donors (Lipinski definition) is 1. The summed E-state index contributed by atoms with van der Waals surface area (Å²) in [6, 6.07) is 18.2. The quantitative estimate of drug-likeness (QED) is 0.448. The highest BCUT2D eigenvalue weighted by Crippen LogP contribution is 2.31. The molecule has 33 heavy (non-hydrogen) atoms. The normalized spacial score (nSPS) is 14.2. The third-order valence-electron chi connectivity index (χ3n) is 5.73. The number of ether oxygens (including phenoxy) is 1. The zero-order valence-corrected chi connectivity index (χ0v) is 19.8. The maximum Gasteiger partial charge on any atom is 0.234 e. The molecule has 0 unspecified atom stereocenters. The fourth-order valence-corrected chi connectivity index (χ4v) is 4.89. The Morgan fingerprint density at radius 1 is 1.06 bits per heavy atom. The first kappa shape index (κ1) is 23.1. The van der Waals surface area contributed by atoms with Crippen LogP contribution in [0.25, 0.3) is 0 Å². The Labute approximate surface area is 199 Å². The Morgan fingerprint density at radius 2 is 1.79 bits per heavy atom. The number of aromatic nitrogens is 2. The van der Waals surface area contributed by atoms with Gasteiger partial charge in [0.2, 0.25) is 5.91 Å². The average Bonchev–Trinajstić information content (AvgIpc) is 2.85. The van der Waals surface area contributed by atoms with Crippen LogP contribution in [-0.2, 0) is 11.2 Å². The van der Waals surface area contributed by atoms with Gasteiger partial charge in [-0.05, 0) is 49.8 Å². The Morgan fingerprint density at radius 3 is 2.58 bits per heavy atom. The molecule has 0 saturated carbocycles. The second-order valence-electron chi connectivity index (χ2n) is 8.07. The lowest BCUT2D eigenvalue weighted by molar-refractivity contribution is -0.113. The van der Waals surface area contributed by atoms with Crippen LogP contribution < -0.4 is 15.0 Å². The van der Waals surface area contributed by atoms with Gasteiger partial charge in [-0.25, -0.2) is 9.97 Å². The van der Waals surface area contributed by atoms with Crippen LogP contribution >= 0.6 is 11.8 Å². The zero-order valence-electron chi connectivity index (χ0n) is 18.9. The molecule has 4 rings (SSSR count). The molecule has 0 aliphatic carbocycles. The lowest BCUT2D eigenvalue weighted by atomic mass is 9.90. The molecule has 172 valence electrons. The minimum absolute atomic E-state index is 0.0923. The van der Waals surface area contributed by atoms with Crippen LogP contribution in [0, 0.1) is 5.92 Å². The van der Waals surface area contributed by atoms with Crippen LogP contribution in [0.5, 0.6) is 5.75 Å². The maximum absolute atomic E-state index is 12.6. The highest BCUT2D eigenvalue weighted by Gasteiger charge is 2.23. The summed E-state index contributed by atoms with van der Waals surface area (Å²) in [7, 11) is 0. The average molecular weight is 463 g/mol. The molecule has 1 aliphatic heterocycles. The first-order chi connectivity index (χ1) is 16.2. The molecule has 7 heteroatoms. The molecule has 0 bridgehead atoms. The smallest absolute Gasteiger partial charge is 0.234 e. The van der Waals surface area contributed by atoms with E-state index in [2.05, 4.69) is 50.5 Å². The summed E-state index contributed by atoms with van der Waals surface area (Å²) in [6.45, 7) is 4.39. The number of rotatable bonds is 9. The summed E-state index contributed by atoms with van der Waals surface area (Å²) in [4.78, 5) is 24.0. The van der Waals surface area contributed by atoms with Crippen LogP contribution in [0.2, 0.25) is 0 Å². The van der Waals surface area contributed by atoms with Gasteiger partial charge >= 0.3 is 0 Å². The van der Waals surface area contributed by atoms with Crippen LogP contribution in [0.4, 0.5) is 11.5 Å². The number of carbonyl (C=O) groups excluding carboxylic acids is 1.